The number of carbonyl (C=O) groups is 2. The van der Waals surface area contributed by atoms with E-state index in [0.717, 1.165) is 17.6 Å². The molecule has 0 aliphatic rings. The van der Waals surface area contributed by atoms with E-state index in [1.807, 2.05) is 12.1 Å². The number of carbonyl (C=O) groups excluding carboxylic acids is 2. The Morgan fingerprint density at radius 2 is 1.61 bits per heavy atom. The number of halogens is 2. The molecule has 0 saturated carbocycles. The maximum atomic E-state index is 14.1. The van der Waals surface area contributed by atoms with Crippen LogP contribution < -0.4 is 10.1 Å². The summed E-state index contributed by atoms with van der Waals surface area (Å²) in [7, 11) is 1.52. The van der Waals surface area contributed by atoms with Crippen LogP contribution >= 0.6 is 0 Å². The minimum Gasteiger partial charge on any atom is -0.457 e. The highest BCUT2D eigenvalue weighted by atomic mass is 19.1. The van der Waals surface area contributed by atoms with E-state index in [0.29, 0.717) is 33.6 Å². The van der Waals surface area contributed by atoms with Crippen LogP contribution in [0.15, 0.2) is 91.3 Å². The fourth-order valence-electron chi connectivity index (χ4n) is 4.21. The van der Waals surface area contributed by atoms with Crippen LogP contribution in [0.4, 0.5) is 8.78 Å². The van der Waals surface area contributed by atoms with Crippen molar-refractivity contribution in [2.45, 2.75) is 6.42 Å². The predicted molar refractivity (Wildman–Crippen MR) is 139 cm³/mol. The number of hydrogen-bond acceptors (Lipinski definition) is 5. The summed E-state index contributed by atoms with van der Waals surface area (Å²) in [5.41, 5.74) is 1.57. The number of nitrogens with one attached hydrogen (secondary N) is 1. The van der Waals surface area contributed by atoms with Crippen molar-refractivity contribution >= 4 is 22.5 Å². The number of benzene rings is 3. The quantitative estimate of drug-likeness (QED) is 0.210. The van der Waals surface area contributed by atoms with Crippen molar-refractivity contribution in [2.75, 3.05) is 7.05 Å². The van der Waals surface area contributed by atoms with Gasteiger partial charge in [-0.05, 0) is 34.7 Å². The van der Waals surface area contributed by atoms with E-state index >= 15 is 0 Å². The van der Waals surface area contributed by atoms with Gasteiger partial charge in [0.1, 0.15) is 23.0 Å². The third-order valence-electron chi connectivity index (χ3n) is 6.06. The van der Waals surface area contributed by atoms with E-state index in [9.17, 15) is 18.4 Å². The Bertz CT molecular complexity index is 1650. The van der Waals surface area contributed by atoms with Crippen LogP contribution in [0.2, 0.25) is 0 Å². The molecule has 0 atom stereocenters. The molecule has 5 aromatic rings. The molecule has 0 fully saturated rings. The normalized spacial score (nSPS) is 10.8. The first-order chi connectivity index (χ1) is 18.4. The molecule has 8 heteroatoms. The van der Waals surface area contributed by atoms with Gasteiger partial charge in [-0.1, -0.05) is 54.6 Å². The van der Waals surface area contributed by atoms with Gasteiger partial charge in [0, 0.05) is 42.9 Å². The standard InChI is InChI=1S/C30H21F2N3O3/c1-33-30(37)25-17-20(12-14-34-25)38-27-7-3-4-21-22(5-2-6-23(21)27)26(36)16-18-8-10-19(11-9-18)28-24(31)13-15-35-29(28)32/h2-15,17H,16H2,1H3,(H,33,37). The highest BCUT2D eigenvalue weighted by Crippen LogP contribution is 2.32. The van der Waals surface area contributed by atoms with Crippen molar-refractivity contribution < 1.29 is 23.1 Å². The van der Waals surface area contributed by atoms with Crippen molar-refractivity contribution in [1.82, 2.24) is 15.3 Å². The van der Waals surface area contributed by atoms with E-state index < -0.39 is 11.8 Å². The van der Waals surface area contributed by atoms with Gasteiger partial charge in [0.25, 0.3) is 5.91 Å². The summed E-state index contributed by atoms with van der Waals surface area (Å²) >= 11 is 0. The summed E-state index contributed by atoms with van der Waals surface area (Å²) < 4.78 is 34.2. The number of fused-ring (bicyclic) bond motifs is 1. The Morgan fingerprint density at radius 3 is 2.37 bits per heavy atom. The van der Waals surface area contributed by atoms with Crippen LogP contribution in [0.25, 0.3) is 21.9 Å². The number of Topliss-reactive ketones (excluding diaryl/α,β-unsaturated/α-hetero) is 1. The lowest BCUT2D eigenvalue weighted by atomic mass is 9.96. The number of amides is 1. The summed E-state index contributed by atoms with van der Waals surface area (Å²) in [4.78, 5) is 32.8. The second-order valence-electron chi connectivity index (χ2n) is 8.47. The number of ketones is 1. The summed E-state index contributed by atoms with van der Waals surface area (Å²) in [5.74, 6) is -1.08. The minimum absolute atomic E-state index is 0.0995. The molecule has 188 valence electrons. The third kappa shape index (κ3) is 4.97. The SMILES string of the molecule is CNC(=O)c1cc(Oc2cccc3c(C(=O)Cc4ccc(-c5c(F)ccnc5F)cc4)cccc23)ccn1. The molecular formula is C30H21F2N3O3. The highest BCUT2D eigenvalue weighted by Gasteiger charge is 2.16. The van der Waals surface area contributed by atoms with Crippen LogP contribution in [-0.2, 0) is 6.42 Å². The van der Waals surface area contributed by atoms with Gasteiger partial charge in [-0.3, -0.25) is 14.6 Å². The van der Waals surface area contributed by atoms with E-state index in [1.165, 1.54) is 13.2 Å². The number of aromatic nitrogens is 2. The Balaban J connectivity index is 1.40. The van der Waals surface area contributed by atoms with Crippen molar-refractivity contribution in [3.63, 3.8) is 0 Å². The van der Waals surface area contributed by atoms with Gasteiger partial charge < -0.3 is 10.1 Å². The molecule has 1 N–H and O–H groups in total. The number of nitrogens with zero attached hydrogens (tertiary/aromatic N) is 2. The molecule has 0 bridgehead atoms. The highest BCUT2D eigenvalue weighted by molar-refractivity contribution is 6.10. The maximum Gasteiger partial charge on any atom is 0.269 e. The number of rotatable bonds is 7. The van der Waals surface area contributed by atoms with Gasteiger partial charge in [0.05, 0.1) is 5.56 Å². The van der Waals surface area contributed by atoms with E-state index in [-0.39, 0.29) is 29.4 Å². The fraction of sp³-hybridized carbons (Fsp3) is 0.0667. The summed E-state index contributed by atoms with van der Waals surface area (Å²) in [6.45, 7) is 0. The summed E-state index contributed by atoms with van der Waals surface area (Å²) in [5, 5.41) is 3.97. The van der Waals surface area contributed by atoms with Gasteiger partial charge in [-0.2, -0.15) is 4.39 Å². The number of ether oxygens (including phenoxy) is 1. The molecule has 0 aliphatic carbocycles. The minimum atomic E-state index is -0.890. The first-order valence-electron chi connectivity index (χ1n) is 11.7. The zero-order valence-electron chi connectivity index (χ0n) is 20.2. The lowest BCUT2D eigenvalue weighted by Crippen LogP contribution is -2.18. The fourth-order valence-corrected chi connectivity index (χ4v) is 4.21. The molecule has 0 aliphatic heterocycles. The van der Waals surface area contributed by atoms with Crippen molar-refractivity contribution in [3.05, 3.63) is 120 Å². The van der Waals surface area contributed by atoms with Crippen molar-refractivity contribution in [1.29, 1.82) is 0 Å². The van der Waals surface area contributed by atoms with Crippen LogP contribution in [0.3, 0.4) is 0 Å². The average molecular weight is 510 g/mol. The Hall–Kier alpha value is -4.98. The molecule has 1 amide bonds. The maximum absolute atomic E-state index is 14.1. The first kappa shape index (κ1) is 24.7. The number of pyridine rings is 2. The smallest absolute Gasteiger partial charge is 0.269 e. The van der Waals surface area contributed by atoms with Crippen LogP contribution in [0, 0.1) is 11.8 Å². The van der Waals surface area contributed by atoms with Gasteiger partial charge in [0.15, 0.2) is 5.78 Å². The zero-order valence-corrected chi connectivity index (χ0v) is 20.2. The largest absolute Gasteiger partial charge is 0.457 e. The predicted octanol–water partition coefficient (Wildman–Crippen LogP) is 6.15. The molecule has 5 rings (SSSR count). The molecule has 0 radical (unpaired) electrons. The monoisotopic (exact) mass is 509 g/mol. The van der Waals surface area contributed by atoms with E-state index in [4.69, 9.17) is 4.74 Å². The van der Waals surface area contributed by atoms with E-state index in [1.54, 1.807) is 60.7 Å². The van der Waals surface area contributed by atoms with Crippen LogP contribution in [-0.4, -0.2) is 28.7 Å². The lowest BCUT2D eigenvalue weighted by molar-refractivity contribution is 0.0956. The topological polar surface area (TPSA) is 81.2 Å². The number of hydrogen-bond donors (Lipinski definition) is 1. The molecule has 0 saturated heterocycles. The molecule has 0 unspecified atom stereocenters. The molecule has 2 heterocycles. The second kappa shape index (κ2) is 10.6. The average Bonchev–Trinajstić information content (AvgIpc) is 2.93. The lowest BCUT2D eigenvalue weighted by Gasteiger charge is -2.12. The molecule has 3 aromatic carbocycles. The van der Waals surface area contributed by atoms with E-state index in [2.05, 4.69) is 15.3 Å². The molecular weight excluding hydrogens is 488 g/mol. The van der Waals surface area contributed by atoms with Gasteiger partial charge in [-0.15, -0.1) is 0 Å². The second-order valence-corrected chi connectivity index (χ2v) is 8.47. The van der Waals surface area contributed by atoms with Gasteiger partial charge >= 0.3 is 0 Å². The molecule has 0 spiro atoms. The Labute approximate surface area is 217 Å². The Kier molecular flexibility index (Phi) is 6.86. The van der Waals surface area contributed by atoms with Crippen molar-refractivity contribution in [3.8, 4) is 22.6 Å². The van der Waals surface area contributed by atoms with Crippen LogP contribution in [0.5, 0.6) is 11.5 Å². The van der Waals surface area contributed by atoms with Crippen LogP contribution in [0.1, 0.15) is 26.4 Å². The summed E-state index contributed by atoms with van der Waals surface area (Å²) in [6, 6.07) is 21.6. The molecule has 2 aromatic heterocycles. The summed E-state index contributed by atoms with van der Waals surface area (Å²) in [6.07, 6.45) is 2.66. The molecule has 38 heavy (non-hydrogen) atoms. The third-order valence-corrected chi connectivity index (χ3v) is 6.06. The van der Waals surface area contributed by atoms with Crippen molar-refractivity contribution in [2.24, 2.45) is 0 Å². The first-order valence-corrected chi connectivity index (χ1v) is 11.7. The Morgan fingerprint density at radius 1 is 0.868 bits per heavy atom. The zero-order chi connectivity index (χ0) is 26.6. The van der Waals surface area contributed by atoms with Gasteiger partial charge in [0.2, 0.25) is 5.95 Å². The molecule has 6 nitrogen and oxygen atoms in total. The van der Waals surface area contributed by atoms with Gasteiger partial charge in [-0.25, -0.2) is 9.37 Å².